The van der Waals surface area contributed by atoms with Crippen LogP contribution in [0.3, 0.4) is 0 Å². The van der Waals surface area contributed by atoms with E-state index in [1.807, 2.05) is 52.0 Å². The van der Waals surface area contributed by atoms with Gasteiger partial charge in [0, 0.05) is 13.1 Å². The van der Waals surface area contributed by atoms with E-state index in [1.54, 1.807) is 31.4 Å². The van der Waals surface area contributed by atoms with Crippen molar-refractivity contribution in [3.8, 4) is 5.75 Å². The number of hydrogen-bond acceptors (Lipinski definition) is 5. The lowest BCUT2D eigenvalue weighted by molar-refractivity contribution is -0.140. The Morgan fingerprint density at radius 1 is 0.972 bits per heavy atom. The average molecular weight is 518 g/mol. The molecule has 198 valence electrons. The van der Waals surface area contributed by atoms with E-state index in [9.17, 15) is 18.0 Å². The molecule has 0 fully saturated rings. The number of anilines is 1. The smallest absolute Gasteiger partial charge is 0.244 e. The van der Waals surface area contributed by atoms with Gasteiger partial charge in [-0.15, -0.1) is 0 Å². The van der Waals surface area contributed by atoms with Crippen molar-refractivity contribution < 1.29 is 22.7 Å². The van der Waals surface area contributed by atoms with Crippen molar-refractivity contribution in [3.05, 3.63) is 59.7 Å². The van der Waals surface area contributed by atoms with E-state index >= 15 is 0 Å². The van der Waals surface area contributed by atoms with Gasteiger partial charge in [-0.05, 0) is 54.2 Å². The maximum atomic E-state index is 13.7. The second kappa shape index (κ2) is 13.3. The summed E-state index contributed by atoms with van der Waals surface area (Å²) in [5, 5.41) is 2.92. The third-order valence-corrected chi connectivity index (χ3v) is 7.03. The number of sulfonamides is 1. The van der Waals surface area contributed by atoms with Crippen LogP contribution >= 0.6 is 0 Å². The molecule has 9 heteroatoms. The van der Waals surface area contributed by atoms with Crippen LogP contribution in [0.1, 0.15) is 45.2 Å². The lowest BCUT2D eigenvalue weighted by Crippen LogP contribution is -2.52. The molecule has 0 radical (unpaired) electrons. The van der Waals surface area contributed by atoms with Crippen molar-refractivity contribution in [2.24, 2.45) is 5.92 Å². The summed E-state index contributed by atoms with van der Waals surface area (Å²) < 4.78 is 31.7. The molecule has 2 amide bonds. The van der Waals surface area contributed by atoms with Gasteiger partial charge < -0.3 is 15.0 Å². The Labute approximate surface area is 215 Å². The second-order valence-corrected chi connectivity index (χ2v) is 11.1. The van der Waals surface area contributed by atoms with E-state index in [0.29, 0.717) is 24.4 Å². The van der Waals surface area contributed by atoms with Gasteiger partial charge in [-0.1, -0.05) is 52.0 Å². The molecule has 0 heterocycles. The largest absolute Gasteiger partial charge is 0.497 e. The number of ether oxygens (including phenoxy) is 1. The summed E-state index contributed by atoms with van der Waals surface area (Å²) in [7, 11) is -2.18. The van der Waals surface area contributed by atoms with Gasteiger partial charge in [0.15, 0.2) is 0 Å². The standard InChI is InChI=1S/C27H39N3O5S/c1-7-21-9-13-23(14-10-21)30(36(6,33)34)19-26(31)29(18-22-11-15-24(35-5)16-12-22)25(8-2)27(32)28-17-20(3)4/h9-16,20,25H,7-8,17-19H2,1-6H3,(H,28,32)/t25-/m1/s1. The minimum absolute atomic E-state index is 0.156. The van der Waals surface area contributed by atoms with Gasteiger partial charge in [0.25, 0.3) is 0 Å². The summed E-state index contributed by atoms with van der Waals surface area (Å²) in [5.41, 5.74) is 2.27. The highest BCUT2D eigenvalue weighted by atomic mass is 32.2. The highest BCUT2D eigenvalue weighted by Gasteiger charge is 2.31. The fourth-order valence-corrected chi connectivity index (χ4v) is 4.63. The molecule has 2 aromatic rings. The molecule has 0 aliphatic rings. The minimum atomic E-state index is -3.75. The summed E-state index contributed by atoms with van der Waals surface area (Å²) in [6, 6.07) is 13.6. The minimum Gasteiger partial charge on any atom is -0.497 e. The van der Waals surface area contributed by atoms with Crippen molar-refractivity contribution in [3.63, 3.8) is 0 Å². The summed E-state index contributed by atoms with van der Waals surface area (Å²) in [5.74, 6) is 0.217. The maximum absolute atomic E-state index is 13.7. The normalized spacial score (nSPS) is 12.2. The van der Waals surface area contributed by atoms with E-state index in [4.69, 9.17) is 4.74 Å². The summed E-state index contributed by atoms with van der Waals surface area (Å²) in [6.07, 6.45) is 2.28. The van der Waals surface area contributed by atoms with Gasteiger partial charge in [0.05, 0.1) is 19.1 Å². The van der Waals surface area contributed by atoms with E-state index in [-0.39, 0.29) is 18.4 Å². The molecule has 1 N–H and O–H groups in total. The highest BCUT2D eigenvalue weighted by molar-refractivity contribution is 7.92. The molecule has 1 atom stereocenters. The molecule has 0 bridgehead atoms. The molecule has 0 aliphatic carbocycles. The fourth-order valence-electron chi connectivity index (χ4n) is 3.78. The maximum Gasteiger partial charge on any atom is 0.244 e. The third-order valence-electron chi connectivity index (χ3n) is 5.89. The Balaban J connectivity index is 2.40. The monoisotopic (exact) mass is 517 g/mol. The number of benzene rings is 2. The molecule has 0 unspecified atom stereocenters. The number of nitrogens with zero attached hydrogens (tertiary/aromatic N) is 2. The first-order valence-electron chi connectivity index (χ1n) is 12.3. The van der Waals surface area contributed by atoms with Gasteiger partial charge in [0.1, 0.15) is 18.3 Å². The van der Waals surface area contributed by atoms with E-state index in [0.717, 1.165) is 28.1 Å². The number of methoxy groups -OCH3 is 1. The van der Waals surface area contributed by atoms with Gasteiger partial charge in [-0.3, -0.25) is 13.9 Å². The van der Waals surface area contributed by atoms with Crippen LogP contribution in [0.25, 0.3) is 0 Å². The molecule has 2 aromatic carbocycles. The average Bonchev–Trinajstić information content (AvgIpc) is 2.85. The molecule has 0 aromatic heterocycles. The number of carbonyl (C=O) groups excluding carboxylic acids is 2. The number of rotatable bonds is 13. The number of amides is 2. The van der Waals surface area contributed by atoms with Crippen molar-refractivity contribution in [2.75, 3.05) is 30.8 Å². The molecule has 0 saturated carbocycles. The Hall–Kier alpha value is -3.07. The zero-order valence-corrected chi connectivity index (χ0v) is 23.0. The van der Waals surface area contributed by atoms with Crippen molar-refractivity contribution in [2.45, 2.75) is 53.1 Å². The van der Waals surface area contributed by atoms with Crippen molar-refractivity contribution in [1.82, 2.24) is 10.2 Å². The predicted octanol–water partition coefficient (Wildman–Crippen LogP) is 3.60. The van der Waals surface area contributed by atoms with E-state index in [2.05, 4.69) is 5.32 Å². The van der Waals surface area contributed by atoms with Crippen molar-refractivity contribution >= 4 is 27.5 Å². The highest BCUT2D eigenvalue weighted by Crippen LogP contribution is 2.21. The Bertz CT molecular complexity index is 1100. The first-order valence-corrected chi connectivity index (χ1v) is 14.1. The van der Waals surface area contributed by atoms with Crippen LogP contribution in [0.5, 0.6) is 5.75 Å². The van der Waals surface area contributed by atoms with E-state index in [1.165, 1.54) is 4.90 Å². The lowest BCUT2D eigenvalue weighted by Gasteiger charge is -2.33. The van der Waals surface area contributed by atoms with Crippen LogP contribution in [0.4, 0.5) is 5.69 Å². The first kappa shape index (κ1) is 29.2. The quantitative estimate of drug-likeness (QED) is 0.438. The topological polar surface area (TPSA) is 96.0 Å². The Morgan fingerprint density at radius 2 is 1.56 bits per heavy atom. The molecule has 0 saturated heterocycles. The lowest BCUT2D eigenvalue weighted by atomic mass is 10.1. The van der Waals surface area contributed by atoms with Crippen LogP contribution in [0.2, 0.25) is 0 Å². The number of carbonyl (C=O) groups is 2. The number of aryl methyl sites for hydroxylation is 1. The summed E-state index contributed by atoms with van der Waals surface area (Å²) >= 11 is 0. The molecule has 0 aliphatic heterocycles. The van der Waals surface area contributed by atoms with Crippen molar-refractivity contribution in [1.29, 1.82) is 0 Å². The first-order chi connectivity index (χ1) is 17.0. The summed E-state index contributed by atoms with van der Waals surface area (Å²) in [4.78, 5) is 28.2. The SMILES string of the molecule is CCc1ccc(N(CC(=O)N(Cc2ccc(OC)cc2)[C@H](CC)C(=O)NCC(C)C)S(C)(=O)=O)cc1. The van der Waals surface area contributed by atoms with Crippen LogP contribution in [-0.2, 0) is 32.6 Å². The Kier molecular flexibility index (Phi) is 10.8. The molecule has 2 rings (SSSR count). The van der Waals surface area contributed by atoms with Gasteiger partial charge in [-0.25, -0.2) is 8.42 Å². The van der Waals surface area contributed by atoms with Gasteiger partial charge in [0.2, 0.25) is 21.8 Å². The molecular weight excluding hydrogens is 478 g/mol. The zero-order chi connectivity index (χ0) is 26.9. The van der Waals surface area contributed by atoms with Crippen LogP contribution in [0.15, 0.2) is 48.5 Å². The third kappa shape index (κ3) is 8.26. The molecule has 36 heavy (non-hydrogen) atoms. The zero-order valence-electron chi connectivity index (χ0n) is 22.2. The van der Waals surface area contributed by atoms with Crippen LogP contribution in [0, 0.1) is 5.92 Å². The van der Waals surface area contributed by atoms with Crippen LogP contribution < -0.4 is 14.4 Å². The summed E-state index contributed by atoms with van der Waals surface area (Å²) in [6.45, 7) is 8.08. The Morgan fingerprint density at radius 3 is 2.03 bits per heavy atom. The molecule has 0 spiro atoms. The molecule has 8 nitrogen and oxygen atoms in total. The fraction of sp³-hybridized carbons (Fsp3) is 0.481. The van der Waals surface area contributed by atoms with E-state index < -0.39 is 28.5 Å². The van der Waals surface area contributed by atoms with Gasteiger partial charge in [-0.2, -0.15) is 0 Å². The van der Waals surface area contributed by atoms with Crippen LogP contribution in [-0.4, -0.2) is 57.6 Å². The predicted molar refractivity (Wildman–Crippen MR) is 143 cm³/mol. The molecular formula is C27H39N3O5S. The second-order valence-electron chi connectivity index (χ2n) is 9.22. The number of hydrogen-bond donors (Lipinski definition) is 1. The van der Waals surface area contributed by atoms with Gasteiger partial charge >= 0.3 is 0 Å². The number of nitrogens with one attached hydrogen (secondary N) is 1.